The number of carbonyl (C=O) groups is 1. The summed E-state index contributed by atoms with van der Waals surface area (Å²) in [4.78, 5) is 16.1. The van der Waals surface area contributed by atoms with Gasteiger partial charge in [-0.15, -0.1) is 0 Å². The van der Waals surface area contributed by atoms with Crippen LogP contribution in [0.25, 0.3) is 10.9 Å². The lowest BCUT2D eigenvalue weighted by atomic mass is 9.97. The van der Waals surface area contributed by atoms with Crippen LogP contribution in [0.3, 0.4) is 0 Å². The van der Waals surface area contributed by atoms with Crippen LogP contribution in [0.5, 0.6) is 0 Å². The Morgan fingerprint density at radius 2 is 1.85 bits per heavy atom. The molecule has 3 rings (SSSR count). The molecule has 100 valence electrons. The first-order valence-electron chi connectivity index (χ1n) is 6.46. The van der Waals surface area contributed by atoms with Gasteiger partial charge < -0.3 is 4.98 Å². The van der Waals surface area contributed by atoms with E-state index in [2.05, 4.69) is 4.98 Å². The molecule has 0 aliphatic carbocycles. The average Bonchev–Trinajstić information content (AvgIpc) is 2.76. The number of rotatable bonds is 2. The molecule has 0 fully saturated rings. The number of ketones is 1. The lowest BCUT2D eigenvalue weighted by molar-refractivity contribution is 0.103. The topological polar surface area (TPSA) is 32.9 Å². The highest BCUT2D eigenvalue weighted by molar-refractivity contribution is 6.31. The fourth-order valence-corrected chi connectivity index (χ4v) is 2.71. The highest BCUT2D eigenvalue weighted by Crippen LogP contribution is 2.26. The van der Waals surface area contributed by atoms with Crippen LogP contribution in [-0.2, 0) is 0 Å². The Morgan fingerprint density at radius 3 is 2.65 bits per heavy atom. The smallest absolute Gasteiger partial charge is 0.195 e. The summed E-state index contributed by atoms with van der Waals surface area (Å²) >= 11 is 6.02. The van der Waals surface area contributed by atoms with E-state index < -0.39 is 0 Å². The van der Waals surface area contributed by atoms with Gasteiger partial charge in [0.1, 0.15) is 0 Å². The van der Waals surface area contributed by atoms with Crippen molar-refractivity contribution in [3.63, 3.8) is 0 Å². The normalized spacial score (nSPS) is 10.9. The zero-order valence-corrected chi connectivity index (χ0v) is 12.1. The zero-order chi connectivity index (χ0) is 14.3. The van der Waals surface area contributed by atoms with E-state index in [-0.39, 0.29) is 5.78 Å². The number of nitrogens with one attached hydrogen (secondary N) is 1. The van der Waals surface area contributed by atoms with Crippen molar-refractivity contribution in [2.24, 2.45) is 0 Å². The number of benzene rings is 2. The van der Waals surface area contributed by atoms with E-state index >= 15 is 0 Å². The minimum Gasteiger partial charge on any atom is -0.358 e. The van der Waals surface area contributed by atoms with Gasteiger partial charge >= 0.3 is 0 Å². The number of fused-ring (bicyclic) bond motifs is 1. The van der Waals surface area contributed by atoms with Crippen molar-refractivity contribution in [2.75, 3.05) is 0 Å². The van der Waals surface area contributed by atoms with E-state index in [1.54, 1.807) is 12.1 Å². The number of halogens is 1. The molecule has 0 aliphatic heterocycles. The van der Waals surface area contributed by atoms with E-state index in [4.69, 9.17) is 11.6 Å². The minimum atomic E-state index is 0.0138. The molecule has 0 spiro atoms. The number of aromatic amines is 1. The summed E-state index contributed by atoms with van der Waals surface area (Å²) < 4.78 is 0. The Kier molecular flexibility index (Phi) is 3.11. The molecule has 0 amide bonds. The van der Waals surface area contributed by atoms with Gasteiger partial charge in [0.05, 0.1) is 5.56 Å². The maximum atomic E-state index is 12.8. The van der Waals surface area contributed by atoms with Gasteiger partial charge in [0.2, 0.25) is 0 Å². The van der Waals surface area contributed by atoms with E-state index in [0.717, 1.165) is 27.7 Å². The second kappa shape index (κ2) is 4.80. The van der Waals surface area contributed by atoms with E-state index in [1.165, 1.54) is 0 Å². The van der Waals surface area contributed by atoms with Gasteiger partial charge in [-0.25, -0.2) is 0 Å². The molecule has 0 unspecified atom stereocenters. The highest BCUT2D eigenvalue weighted by atomic mass is 35.5. The van der Waals surface area contributed by atoms with Crippen molar-refractivity contribution in [1.29, 1.82) is 0 Å². The number of aryl methyl sites for hydroxylation is 2. The number of H-pyrrole nitrogens is 1. The van der Waals surface area contributed by atoms with E-state index in [0.29, 0.717) is 10.6 Å². The van der Waals surface area contributed by atoms with Crippen LogP contribution in [0, 0.1) is 13.8 Å². The summed E-state index contributed by atoms with van der Waals surface area (Å²) in [5, 5.41) is 1.53. The molecule has 1 N–H and O–H groups in total. The number of carbonyl (C=O) groups excluding carboxylic acids is 1. The summed E-state index contributed by atoms with van der Waals surface area (Å²) in [5.74, 6) is 0.0138. The van der Waals surface area contributed by atoms with Crippen molar-refractivity contribution < 1.29 is 4.79 Å². The van der Waals surface area contributed by atoms with Gasteiger partial charge in [-0.2, -0.15) is 0 Å². The van der Waals surface area contributed by atoms with Crippen molar-refractivity contribution in [1.82, 2.24) is 4.98 Å². The highest BCUT2D eigenvalue weighted by Gasteiger charge is 2.19. The SMILES string of the molecule is Cc1ccc(Cl)cc1C(=O)c1c(C)[nH]c2ccccc12. The number of hydrogen-bond donors (Lipinski definition) is 1. The molecule has 0 atom stereocenters. The third-order valence-electron chi connectivity index (χ3n) is 3.56. The second-order valence-electron chi connectivity index (χ2n) is 4.96. The fourth-order valence-electron chi connectivity index (χ4n) is 2.54. The largest absolute Gasteiger partial charge is 0.358 e. The fraction of sp³-hybridized carbons (Fsp3) is 0.118. The third kappa shape index (κ3) is 2.02. The lowest BCUT2D eigenvalue weighted by Gasteiger charge is -2.06. The minimum absolute atomic E-state index is 0.0138. The summed E-state index contributed by atoms with van der Waals surface area (Å²) in [6.07, 6.45) is 0. The molecule has 1 aromatic heterocycles. The average molecular weight is 284 g/mol. The Hall–Kier alpha value is -2.06. The molecule has 0 radical (unpaired) electrons. The molecule has 0 aliphatic rings. The lowest BCUT2D eigenvalue weighted by Crippen LogP contribution is -2.04. The molecule has 0 bridgehead atoms. The van der Waals surface area contributed by atoms with Gasteiger partial charge in [0.15, 0.2) is 5.78 Å². The molecule has 3 heteroatoms. The first-order valence-corrected chi connectivity index (χ1v) is 6.84. The third-order valence-corrected chi connectivity index (χ3v) is 3.80. The van der Waals surface area contributed by atoms with Crippen molar-refractivity contribution >= 4 is 28.3 Å². The predicted molar refractivity (Wildman–Crippen MR) is 82.7 cm³/mol. The Balaban J connectivity index is 2.22. The van der Waals surface area contributed by atoms with Gasteiger partial charge in [0, 0.05) is 27.2 Å². The van der Waals surface area contributed by atoms with Crippen LogP contribution < -0.4 is 0 Å². The molecule has 2 aromatic carbocycles. The van der Waals surface area contributed by atoms with Crippen LogP contribution >= 0.6 is 11.6 Å². The first kappa shape index (κ1) is 12.9. The number of aromatic nitrogens is 1. The number of hydrogen-bond acceptors (Lipinski definition) is 1. The Labute approximate surface area is 122 Å². The molecule has 0 saturated carbocycles. The van der Waals surface area contributed by atoms with Crippen molar-refractivity contribution in [3.05, 3.63) is 69.9 Å². The zero-order valence-electron chi connectivity index (χ0n) is 11.3. The Bertz CT molecular complexity index is 817. The van der Waals surface area contributed by atoms with Crippen LogP contribution in [0.4, 0.5) is 0 Å². The first-order chi connectivity index (χ1) is 9.58. The summed E-state index contributed by atoms with van der Waals surface area (Å²) in [6.45, 7) is 3.85. The van der Waals surface area contributed by atoms with E-state index in [9.17, 15) is 4.79 Å². The molecular weight excluding hydrogens is 270 g/mol. The molecule has 20 heavy (non-hydrogen) atoms. The number of para-hydroxylation sites is 1. The molecule has 0 saturated heterocycles. The molecule has 3 aromatic rings. The van der Waals surface area contributed by atoms with Crippen LogP contribution in [0.2, 0.25) is 5.02 Å². The van der Waals surface area contributed by atoms with Gasteiger partial charge in [-0.3, -0.25) is 4.79 Å². The molecular formula is C17H14ClNO. The van der Waals surface area contributed by atoms with Crippen LogP contribution in [0.1, 0.15) is 27.2 Å². The maximum Gasteiger partial charge on any atom is 0.195 e. The van der Waals surface area contributed by atoms with Crippen molar-refractivity contribution in [3.8, 4) is 0 Å². The van der Waals surface area contributed by atoms with Gasteiger partial charge in [-0.1, -0.05) is 35.9 Å². The summed E-state index contributed by atoms with van der Waals surface area (Å²) in [6, 6.07) is 13.3. The second-order valence-corrected chi connectivity index (χ2v) is 5.40. The predicted octanol–water partition coefficient (Wildman–Crippen LogP) is 4.67. The summed E-state index contributed by atoms with van der Waals surface area (Å²) in [5.41, 5.74) is 4.18. The maximum absolute atomic E-state index is 12.8. The Morgan fingerprint density at radius 1 is 1.10 bits per heavy atom. The molecule has 1 heterocycles. The van der Waals surface area contributed by atoms with E-state index in [1.807, 2.05) is 44.2 Å². The van der Waals surface area contributed by atoms with Gasteiger partial charge in [-0.05, 0) is 37.6 Å². The summed E-state index contributed by atoms with van der Waals surface area (Å²) in [7, 11) is 0. The van der Waals surface area contributed by atoms with Crippen LogP contribution in [0.15, 0.2) is 42.5 Å². The molecule has 2 nitrogen and oxygen atoms in total. The van der Waals surface area contributed by atoms with Crippen LogP contribution in [-0.4, -0.2) is 10.8 Å². The quantitative estimate of drug-likeness (QED) is 0.681. The monoisotopic (exact) mass is 283 g/mol. The van der Waals surface area contributed by atoms with Crippen molar-refractivity contribution in [2.45, 2.75) is 13.8 Å². The van der Waals surface area contributed by atoms with Gasteiger partial charge in [0.25, 0.3) is 0 Å². The standard InChI is InChI=1S/C17H14ClNO/c1-10-7-8-12(18)9-14(10)17(20)16-11(2)19-15-6-4-3-5-13(15)16/h3-9,19H,1-2H3.